The Labute approximate surface area is 82.3 Å². The molecule has 0 heterocycles. The number of aromatic hydroxyl groups is 1. The molecule has 0 aliphatic heterocycles. The molecule has 1 aromatic carbocycles. The molecule has 0 aliphatic carbocycles. The van der Waals surface area contributed by atoms with Crippen LogP contribution in [0.3, 0.4) is 0 Å². The van der Waals surface area contributed by atoms with E-state index in [-0.39, 0.29) is 5.75 Å². The van der Waals surface area contributed by atoms with E-state index in [0.717, 1.165) is 0 Å². The Morgan fingerprint density at radius 2 is 2.07 bits per heavy atom. The Kier molecular flexibility index (Phi) is 3.12. The van der Waals surface area contributed by atoms with Gasteiger partial charge in [0.2, 0.25) is 0 Å². The molecule has 0 radical (unpaired) electrons. The number of rotatable bonds is 3. The molecule has 74 valence electrons. The van der Waals surface area contributed by atoms with E-state index in [1.807, 2.05) is 0 Å². The van der Waals surface area contributed by atoms with Crippen LogP contribution in [0.15, 0.2) is 36.9 Å². The van der Waals surface area contributed by atoms with Gasteiger partial charge in [-0.15, -0.1) is 6.58 Å². The molecule has 0 fully saturated rings. The first-order valence-corrected chi connectivity index (χ1v) is 4.12. The van der Waals surface area contributed by atoms with Gasteiger partial charge in [-0.1, -0.05) is 6.08 Å². The zero-order valence-corrected chi connectivity index (χ0v) is 7.68. The summed E-state index contributed by atoms with van der Waals surface area (Å²) in [5, 5.41) is 9.05. The summed E-state index contributed by atoms with van der Waals surface area (Å²) in [7, 11) is 0. The molecule has 0 bridgehead atoms. The Bertz CT molecular complexity index is 332. The van der Waals surface area contributed by atoms with Crippen molar-refractivity contribution in [1.29, 1.82) is 0 Å². The van der Waals surface area contributed by atoms with Gasteiger partial charge in [0.15, 0.2) is 0 Å². The Balaban J connectivity index is 2.93. The van der Waals surface area contributed by atoms with Gasteiger partial charge in [0, 0.05) is 12.2 Å². The van der Waals surface area contributed by atoms with Crippen molar-refractivity contribution in [3.63, 3.8) is 0 Å². The van der Waals surface area contributed by atoms with Gasteiger partial charge in [-0.3, -0.25) is 4.90 Å². The fourth-order valence-corrected chi connectivity index (χ4v) is 1.08. The summed E-state index contributed by atoms with van der Waals surface area (Å²) in [5.41, 5.74) is 5.80. The summed E-state index contributed by atoms with van der Waals surface area (Å²) in [6, 6.07) is 5.67. The zero-order valence-electron chi connectivity index (χ0n) is 7.68. The van der Waals surface area contributed by atoms with Crippen molar-refractivity contribution >= 4 is 11.7 Å². The van der Waals surface area contributed by atoms with Gasteiger partial charge in [-0.05, 0) is 24.3 Å². The van der Waals surface area contributed by atoms with E-state index in [9.17, 15) is 4.79 Å². The molecule has 4 heteroatoms. The highest BCUT2D eigenvalue weighted by molar-refractivity contribution is 5.90. The van der Waals surface area contributed by atoms with Crippen molar-refractivity contribution in [2.24, 2.45) is 5.73 Å². The van der Waals surface area contributed by atoms with E-state index < -0.39 is 6.03 Å². The molecule has 3 N–H and O–H groups in total. The lowest BCUT2D eigenvalue weighted by atomic mass is 10.3. The van der Waals surface area contributed by atoms with E-state index in [0.29, 0.717) is 12.2 Å². The number of primary amides is 1. The van der Waals surface area contributed by atoms with Gasteiger partial charge in [0.05, 0.1) is 0 Å². The molecule has 1 rings (SSSR count). The number of nitrogens with zero attached hydrogens (tertiary/aromatic N) is 1. The van der Waals surface area contributed by atoms with Crippen LogP contribution in [-0.4, -0.2) is 17.7 Å². The third-order valence-corrected chi connectivity index (χ3v) is 1.74. The van der Waals surface area contributed by atoms with Crippen LogP contribution in [0.1, 0.15) is 0 Å². The van der Waals surface area contributed by atoms with Crippen molar-refractivity contribution in [3.05, 3.63) is 36.9 Å². The van der Waals surface area contributed by atoms with Gasteiger partial charge in [0.1, 0.15) is 5.75 Å². The SMILES string of the molecule is C=CCN(C(N)=O)c1ccc(O)cc1. The van der Waals surface area contributed by atoms with Crippen LogP contribution in [0, 0.1) is 0 Å². The maximum Gasteiger partial charge on any atom is 0.319 e. The minimum absolute atomic E-state index is 0.150. The first-order valence-electron chi connectivity index (χ1n) is 4.12. The first-order chi connectivity index (χ1) is 6.65. The third kappa shape index (κ3) is 2.26. The van der Waals surface area contributed by atoms with Gasteiger partial charge in [0.25, 0.3) is 0 Å². The monoisotopic (exact) mass is 192 g/mol. The second-order valence-corrected chi connectivity index (χ2v) is 2.75. The number of phenolic OH excluding ortho intramolecular Hbond substituents is 1. The second kappa shape index (κ2) is 4.32. The number of urea groups is 1. The molecule has 14 heavy (non-hydrogen) atoms. The molecule has 0 saturated carbocycles. The molecule has 0 spiro atoms. The van der Waals surface area contributed by atoms with Crippen LogP contribution in [0.2, 0.25) is 0 Å². The quantitative estimate of drug-likeness (QED) is 0.712. The highest BCUT2D eigenvalue weighted by Gasteiger charge is 2.09. The summed E-state index contributed by atoms with van der Waals surface area (Å²) in [6.07, 6.45) is 1.58. The van der Waals surface area contributed by atoms with E-state index >= 15 is 0 Å². The topological polar surface area (TPSA) is 66.6 Å². The lowest BCUT2D eigenvalue weighted by Gasteiger charge is -2.18. The van der Waals surface area contributed by atoms with Crippen LogP contribution in [0.5, 0.6) is 5.75 Å². The second-order valence-electron chi connectivity index (χ2n) is 2.75. The smallest absolute Gasteiger partial charge is 0.319 e. The molecular weight excluding hydrogens is 180 g/mol. The number of phenols is 1. The average Bonchev–Trinajstić information content (AvgIpc) is 2.15. The molecule has 0 aliphatic rings. The van der Waals surface area contributed by atoms with E-state index in [2.05, 4.69) is 6.58 Å². The molecule has 0 saturated heterocycles. The van der Waals surface area contributed by atoms with Crippen LogP contribution in [0.25, 0.3) is 0 Å². The Morgan fingerprint density at radius 1 is 1.50 bits per heavy atom. The molecule has 4 nitrogen and oxygen atoms in total. The molecule has 0 aromatic heterocycles. The number of nitrogens with two attached hydrogens (primary N) is 1. The summed E-state index contributed by atoms with van der Waals surface area (Å²) in [6.45, 7) is 3.87. The first kappa shape index (κ1) is 10.1. The van der Waals surface area contributed by atoms with Gasteiger partial charge in [-0.2, -0.15) is 0 Å². The number of carbonyl (C=O) groups is 1. The van der Waals surface area contributed by atoms with Crippen LogP contribution < -0.4 is 10.6 Å². The number of anilines is 1. The van der Waals surface area contributed by atoms with Crippen LogP contribution in [-0.2, 0) is 0 Å². The number of hydrogen-bond acceptors (Lipinski definition) is 2. The predicted octanol–water partition coefficient (Wildman–Crippen LogP) is 1.46. The summed E-state index contributed by atoms with van der Waals surface area (Å²) in [5.74, 6) is 0.150. The van der Waals surface area contributed by atoms with Gasteiger partial charge in [-0.25, -0.2) is 4.79 Å². The number of amides is 2. The standard InChI is InChI=1S/C10H12N2O2/c1-2-7-12(10(11)14)8-3-5-9(13)6-4-8/h2-6,13H,1,7H2,(H2,11,14). The minimum atomic E-state index is -0.546. The molecular formula is C10H12N2O2. The van der Waals surface area contributed by atoms with E-state index in [1.165, 1.54) is 17.0 Å². The van der Waals surface area contributed by atoms with Gasteiger partial charge >= 0.3 is 6.03 Å². The maximum absolute atomic E-state index is 11.0. The highest BCUT2D eigenvalue weighted by atomic mass is 16.3. The Hall–Kier alpha value is -1.97. The fourth-order valence-electron chi connectivity index (χ4n) is 1.08. The summed E-state index contributed by atoms with van der Waals surface area (Å²) >= 11 is 0. The fraction of sp³-hybridized carbons (Fsp3) is 0.100. The van der Waals surface area contributed by atoms with Gasteiger partial charge < -0.3 is 10.8 Å². The van der Waals surface area contributed by atoms with E-state index in [1.54, 1.807) is 18.2 Å². The molecule has 0 atom stereocenters. The van der Waals surface area contributed by atoms with Crippen LogP contribution >= 0.6 is 0 Å². The zero-order chi connectivity index (χ0) is 10.6. The molecule has 0 unspecified atom stereocenters. The average molecular weight is 192 g/mol. The summed E-state index contributed by atoms with van der Waals surface area (Å²) < 4.78 is 0. The molecule has 2 amide bonds. The number of carbonyl (C=O) groups excluding carboxylic acids is 1. The van der Waals surface area contributed by atoms with Crippen molar-refractivity contribution in [2.75, 3.05) is 11.4 Å². The predicted molar refractivity (Wildman–Crippen MR) is 55.2 cm³/mol. The van der Waals surface area contributed by atoms with Crippen molar-refractivity contribution in [1.82, 2.24) is 0 Å². The largest absolute Gasteiger partial charge is 0.508 e. The summed E-state index contributed by atoms with van der Waals surface area (Å²) in [4.78, 5) is 12.4. The minimum Gasteiger partial charge on any atom is -0.508 e. The van der Waals surface area contributed by atoms with Crippen molar-refractivity contribution in [3.8, 4) is 5.75 Å². The number of benzene rings is 1. The number of hydrogen-bond donors (Lipinski definition) is 2. The Morgan fingerprint density at radius 3 is 2.50 bits per heavy atom. The lowest BCUT2D eigenvalue weighted by molar-refractivity contribution is 0.254. The highest BCUT2D eigenvalue weighted by Crippen LogP contribution is 2.17. The molecule has 1 aromatic rings. The lowest BCUT2D eigenvalue weighted by Crippen LogP contribution is -2.35. The maximum atomic E-state index is 11.0. The van der Waals surface area contributed by atoms with Crippen molar-refractivity contribution < 1.29 is 9.90 Å². The third-order valence-electron chi connectivity index (χ3n) is 1.74. The van der Waals surface area contributed by atoms with Crippen LogP contribution in [0.4, 0.5) is 10.5 Å². The van der Waals surface area contributed by atoms with E-state index in [4.69, 9.17) is 10.8 Å². The van der Waals surface area contributed by atoms with Crippen molar-refractivity contribution in [2.45, 2.75) is 0 Å². The normalized spacial score (nSPS) is 9.43.